The Hall–Kier alpha value is -2.05. The van der Waals surface area contributed by atoms with E-state index in [9.17, 15) is 22.8 Å². The van der Waals surface area contributed by atoms with E-state index in [4.69, 9.17) is 5.11 Å². The number of alkyl halides is 3. The summed E-state index contributed by atoms with van der Waals surface area (Å²) >= 11 is 0. The average molecular weight is 289 g/mol. The lowest BCUT2D eigenvalue weighted by molar-refractivity contribution is -0.141. The monoisotopic (exact) mass is 289 g/mol. The van der Waals surface area contributed by atoms with Crippen molar-refractivity contribution in [1.29, 1.82) is 0 Å². The first-order chi connectivity index (χ1) is 9.12. The van der Waals surface area contributed by atoms with Crippen LogP contribution >= 0.6 is 0 Å². The van der Waals surface area contributed by atoms with E-state index in [1.807, 2.05) is 0 Å². The van der Waals surface area contributed by atoms with E-state index < -0.39 is 35.6 Å². The second kappa shape index (κ2) is 5.94. The Labute approximate surface area is 113 Å². The predicted octanol–water partition coefficient (Wildman–Crippen LogP) is 2.54. The highest BCUT2D eigenvalue weighted by Gasteiger charge is 2.31. The minimum atomic E-state index is -4.53. The van der Waals surface area contributed by atoms with E-state index >= 15 is 0 Å². The number of carbonyl (C=O) groups is 2. The van der Waals surface area contributed by atoms with Crippen molar-refractivity contribution in [2.75, 3.05) is 0 Å². The Kier molecular flexibility index (Phi) is 4.75. The first-order valence-electron chi connectivity index (χ1n) is 5.84. The number of halogens is 3. The van der Waals surface area contributed by atoms with Gasteiger partial charge in [-0.1, -0.05) is 6.07 Å². The van der Waals surface area contributed by atoms with Crippen molar-refractivity contribution < 1.29 is 27.9 Å². The van der Waals surface area contributed by atoms with Crippen LogP contribution in [-0.4, -0.2) is 23.0 Å². The normalized spacial score (nSPS) is 14.4. The van der Waals surface area contributed by atoms with Crippen LogP contribution in [0.5, 0.6) is 0 Å². The van der Waals surface area contributed by atoms with Crippen molar-refractivity contribution in [2.45, 2.75) is 26.1 Å². The highest BCUT2D eigenvalue weighted by molar-refractivity contribution is 5.94. The van der Waals surface area contributed by atoms with Crippen molar-refractivity contribution in [3.8, 4) is 0 Å². The second-order valence-corrected chi connectivity index (χ2v) is 4.47. The topological polar surface area (TPSA) is 66.4 Å². The van der Waals surface area contributed by atoms with Crippen LogP contribution in [0, 0.1) is 5.92 Å². The fourth-order valence-electron chi connectivity index (χ4n) is 1.47. The van der Waals surface area contributed by atoms with E-state index in [0.29, 0.717) is 0 Å². The fraction of sp³-hybridized carbons (Fsp3) is 0.385. The van der Waals surface area contributed by atoms with Gasteiger partial charge in [0.05, 0.1) is 11.5 Å². The maximum atomic E-state index is 12.5. The van der Waals surface area contributed by atoms with Crippen molar-refractivity contribution in [2.24, 2.45) is 5.92 Å². The summed E-state index contributed by atoms with van der Waals surface area (Å²) in [6.45, 7) is 2.88. The number of benzene rings is 1. The summed E-state index contributed by atoms with van der Waals surface area (Å²) in [6.07, 6.45) is -4.53. The molecule has 0 saturated heterocycles. The summed E-state index contributed by atoms with van der Waals surface area (Å²) in [4.78, 5) is 22.5. The number of nitrogens with one attached hydrogen (secondary N) is 1. The van der Waals surface area contributed by atoms with Gasteiger partial charge in [-0.2, -0.15) is 13.2 Å². The molecule has 0 bridgehead atoms. The molecule has 0 heterocycles. The summed E-state index contributed by atoms with van der Waals surface area (Å²) in [6, 6.07) is 3.26. The zero-order valence-electron chi connectivity index (χ0n) is 10.9. The minimum Gasteiger partial charge on any atom is -0.481 e. The third-order valence-electron chi connectivity index (χ3n) is 2.95. The molecular formula is C13H14F3NO3. The molecule has 0 aliphatic heterocycles. The van der Waals surface area contributed by atoms with Gasteiger partial charge in [0, 0.05) is 11.6 Å². The first-order valence-corrected chi connectivity index (χ1v) is 5.84. The molecule has 0 aliphatic carbocycles. The lowest BCUT2D eigenvalue weighted by Crippen LogP contribution is -2.40. The molecule has 0 aliphatic rings. The number of aliphatic carboxylic acids is 1. The van der Waals surface area contributed by atoms with Gasteiger partial charge in [-0.05, 0) is 32.0 Å². The van der Waals surface area contributed by atoms with Gasteiger partial charge in [-0.25, -0.2) is 0 Å². The van der Waals surface area contributed by atoms with Gasteiger partial charge in [0.1, 0.15) is 0 Å². The van der Waals surface area contributed by atoms with E-state index in [1.165, 1.54) is 19.9 Å². The predicted molar refractivity (Wildman–Crippen MR) is 65.2 cm³/mol. The molecule has 4 nitrogen and oxygen atoms in total. The van der Waals surface area contributed by atoms with Crippen LogP contribution in [-0.2, 0) is 11.0 Å². The van der Waals surface area contributed by atoms with Crippen molar-refractivity contribution in [1.82, 2.24) is 5.32 Å². The Morgan fingerprint density at radius 2 is 1.85 bits per heavy atom. The van der Waals surface area contributed by atoms with Crippen molar-refractivity contribution in [3.05, 3.63) is 35.4 Å². The first kappa shape index (κ1) is 16.0. The number of amides is 1. The highest BCUT2D eigenvalue weighted by atomic mass is 19.4. The standard InChI is InChI=1S/C13H14F3NO3/c1-7(12(19)20)8(2)17-11(18)9-4-3-5-10(6-9)13(14,15)16/h3-8H,1-2H3,(H,17,18)(H,19,20). The van der Waals surface area contributed by atoms with Gasteiger partial charge < -0.3 is 10.4 Å². The highest BCUT2D eigenvalue weighted by Crippen LogP contribution is 2.29. The van der Waals surface area contributed by atoms with Crippen LogP contribution in [0.4, 0.5) is 13.2 Å². The van der Waals surface area contributed by atoms with Gasteiger partial charge in [0.2, 0.25) is 0 Å². The molecule has 0 fully saturated rings. The zero-order chi connectivity index (χ0) is 15.5. The molecule has 20 heavy (non-hydrogen) atoms. The van der Waals surface area contributed by atoms with Crippen molar-refractivity contribution in [3.63, 3.8) is 0 Å². The van der Waals surface area contributed by atoms with Crippen LogP contribution in [0.3, 0.4) is 0 Å². The summed E-state index contributed by atoms with van der Waals surface area (Å²) in [5.74, 6) is -2.68. The van der Waals surface area contributed by atoms with Crippen LogP contribution in [0.2, 0.25) is 0 Å². The lowest BCUT2D eigenvalue weighted by atomic mass is 10.0. The molecule has 1 aromatic carbocycles. The van der Waals surface area contributed by atoms with Crippen LogP contribution in [0.1, 0.15) is 29.8 Å². The number of hydrogen-bond acceptors (Lipinski definition) is 2. The number of carboxylic acids is 1. The van der Waals surface area contributed by atoms with Gasteiger partial charge in [0.25, 0.3) is 5.91 Å². The Balaban J connectivity index is 2.86. The summed E-state index contributed by atoms with van der Waals surface area (Å²) in [5, 5.41) is 11.2. The van der Waals surface area contributed by atoms with E-state index in [2.05, 4.69) is 5.32 Å². The molecule has 0 saturated carbocycles. The Bertz CT molecular complexity index is 514. The largest absolute Gasteiger partial charge is 0.481 e. The maximum absolute atomic E-state index is 12.5. The molecular weight excluding hydrogens is 275 g/mol. The number of hydrogen-bond donors (Lipinski definition) is 2. The van der Waals surface area contributed by atoms with E-state index in [-0.39, 0.29) is 5.56 Å². The Morgan fingerprint density at radius 1 is 1.25 bits per heavy atom. The van der Waals surface area contributed by atoms with Gasteiger partial charge in [-0.15, -0.1) is 0 Å². The van der Waals surface area contributed by atoms with E-state index in [1.54, 1.807) is 0 Å². The van der Waals surface area contributed by atoms with E-state index in [0.717, 1.165) is 18.2 Å². The lowest BCUT2D eigenvalue weighted by Gasteiger charge is -2.18. The van der Waals surface area contributed by atoms with Crippen LogP contribution < -0.4 is 5.32 Å². The number of carbonyl (C=O) groups excluding carboxylic acids is 1. The second-order valence-electron chi connectivity index (χ2n) is 4.47. The summed E-state index contributed by atoms with van der Waals surface area (Å²) < 4.78 is 37.6. The molecule has 2 atom stereocenters. The molecule has 7 heteroatoms. The van der Waals surface area contributed by atoms with Gasteiger partial charge in [-0.3, -0.25) is 9.59 Å². The minimum absolute atomic E-state index is 0.163. The molecule has 2 N–H and O–H groups in total. The SMILES string of the molecule is CC(NC(=O)c1cccc(C(F)(F)F)c1)C(C)C(=O)O. The van der Waals surface area contributed by atoms with Gasteiger partial charge >= 0.3 is 12.1 Å². The molecule has 1 amide bonds. The Morgan fingerprint density at radius 3 is 2.35 bits per heavy atom. The smallest absolute Gasteiger partial charge is 0.416 e. The molecule has 1 aromatic rings. The number of carboxylic acid groups (broad SMARTS) is 1. The van der Waals surface area contributed by atoms with Gasteiger partial charge in [0.15, 0.2) is 0 Å². The third-order valence-corrected chi connectivity index (χ3v) is 2.95. The molecule has 1 rings (SSSR count). The average Bonchev–Trinajstić information content (AvgIpc) is 2.36. The quantitative estimate of drug-likeness (QED) is 0.895. The summed E-state index contributed by atoms with van der Waals surface area (Å²) in [5.41, 5.74) is -1.09. The third kappa shape index (κ3) is 3.97. The number of rotatable bonds is 4. The fourth-order valence-corrected chi connectivity index (χ4v) is 1.47. The van der Waals surface area contributed by atoms with Crippen molar-refractivity contribution >= 4 is 11.9 Å². The van der Waals surface area contributed by atoms with Crippen LogP contribution in [0.15, 0.2) is 24.3 Å². The molecule has 0 spiro atoms. The maximum Gasteiger partial charge on any atom is 0.416 e. The summed E-state index contributed by atoms with van der Waals surface area (Å²) in [7, 11) is 0. The zero-order valence-corrected chi connectivity index (χ0v) is 10.9. The molecule has 2 unspecified atom stereocenters. The molecule has 0 aromatic heterocycles. The molecule has 110 valence electrons. The molecule has 0 radical (unpaired) electrons. The van der Waals surface area contributed by atoms with Crippen LogP contribution in [0.25, 0.3) is 0 Å².